The van der Waals surface area contributed by atoms with Crippen molar-refractivity contribution < 1.29 is 22.7 Å². The zero-order chi connectivity index (χ0) is 18.4. The number of alkyl halides is 3. The number of rotatable bonds is 5. The predicted molar refractivity (Wildman–Crippen MR) is 91.8 cm³/mol. The lowest BCUT2D eigenvalue weighted by molar-refractivity contribution is -0.137. The standard InChI is InChI=1S/C17H14BrF3N2O2/c1-2-25-15-7-6-11(8-14(15)18)10-22-23-16(24)12-4-3-5-13(9-12)17(19,20)21/h3-10H,2H2,1H3,(H,23,24)/b22-10-. The number of hydrazone groups is 1. The van der Waals surface area contributed by atoms with Crippen LogP contribution in [0, 0.1) is 0 Å². The van der Waals surface area contributed by atoms with Gasteiger partial charge in [-0.05, 0) is 64.8 Å². The van der Waals surface area contributed by atoms with Crippen molar-refractivity contribution in [3.05, 3.63) is 63.6 Å². The van der Waals surface area contributed by atoms with Gasteiger partial charge in [-0.1, -0.05) is 6.07 Å². The molecule has 1 amide bonds. The predicted octanol–water partition coefficient (Wildman–Crippen LogP) is 4.63. The molecule has 0 saturated heterocycles. The Labute approximate surface area is 150 Å². The number of nitrogens with zero attached hydrogens (tertiary/aromatic N) is 1. The van der Waals surface area contributed by atoms with Crippen LogP contribution in [0.2, 0.25) is 0 Å². The van der Waals surface area contributed by atoms with E-state index in [9.17, 15) is 18.0 Å². The number of carbonyl (C=O) groups excluding carboxylic acids is 1. The summed E-state index contributed by atoms with van der Waals surface area (Å²) in [7, 11) is 0. The van der Waals surface area contributed by atoms with Gasteiger partial charge in [0, 0.05) is 5.56 Å². The number of ether oxygens (including phenoxy) is 1. The fourth-order valence-electron chi connectivity index (χ4n) is 1.94. The highest BCUT2D eigenvalue weighted by Gasteiger charge is 2.30. The van der Waals surface area contributed by atoms with Crippen LogP contribution in [-0.2, 0) is 6.18 Å². The van der Waals surface area contributed by atoms with Crippen molar-refractivity contribution in [2.75, 3.05) is 6.61 Å². The Hall–Kier alpha value is -2.35. The summed E-state index contributed by atoms with van der Waals surface area (Å²) in [5.41, 5.74) is 1.87. The average Bonchev–Trinajstić information content (AvgIpc) is 2.56. The SMILES string of the molecule is CCOc1ccc(/C=N\NC(=O)c2cccc(C(F)(F)F)c2)cc1Br. The summed E-state index contributed by atoms with van der Waals surface area (Å²) in [6.07, 6.45) is -3.12. The first kappa shape index (κ1) is 19.0. The molecule has 8 heteroatoms. The number of benzene rings is 2. The van der Waals surface area contributed by atoms with Crippen molar-refractivity contribution in [2.45, 2.75) is 13.1 Å². The van der Waals surface area contributed by atoms with Gasteiger partial charge in [-0.25, -0.2) is 5.43 Å². The Bertz CT molecular complexity index is 792. The zero-order valence-electron chi connectivity index (χ0n) is 13.1. The van der Waals surface area contributed by atoms with Crippen molar-refractivity contribution in [1.29, 1.82) is 0 Å². The van der Waals surface area contributed by atoms with Gasteiger partial charge in [0.05, 0.1) is 22.9 Å². The quantitative estimate of drug-likeness (QED) is 0.572. The molecule has 1 N–H and O–H groups in total. The van der Waals surface area contributed by atoms with E-state index >= 15 is 0 Å². The zero-order valence-corrected chi connectivity index (χ0v) is 14.7. The van der Waals surface area contributed by atoms with E-state index in [2.05, 4.69) is 26.5 Å². The van der Waals surface area contributed by atoms with Gasteiger partial charge in [0.15, 0.2) is 0 Å². The Morgan fingerprint density at radius 1 is 1.28 bits per heavy atom. The van der Waals surface area contributed by atoms with Gasteiger partial charge < -0.3 is 4.74 Å². The minimum Gasteiger partial charge on any atom is -0.493 e. The summed E-state index contributed by atoms with van der Waals surface area (Å²) in [5.74, 6) is -0.0556. The summed E-state index contributed by atoms with van der Waals surface area (Å²) in [6, 6.07) is 9.35. The van der Waals surface area contributed by atoms with Crippen LogP contribution >= 0.6 is 15.9 Å². The maximum Gasteiger partial charge on any atom is 0.416 e. The average molecular weight is 415 g/mol. The van der Waals surface area contributed by atoms with E-state index in [0.29, 0.717) is 17.9 Å². The van der Waals surface area contributed by atoms with E-state index in [1.165, 1.54) is 18.3 Å². The lowest BCUT2D eigenvalue weighted by Crippen LogP contribution is -2.18. The maximum atomic E-state index is 12.7. The molecule has 0 heterocycles. The second-order valence-electron chi connectivity index (χ2n) is 4.90. The number of amides is 1. The summed E-state index contributed by atoms with van der Waals surface area (Å²) in [4.78, 5) is 11.9. The number of hydrogen-bond acceptors (Lipinski definition) is 3. The van der Waals surface area contributed by atoms with E-state index in [1.807, 2.05) is 6.92 Å². The van der Waals surface area contributed by atoms with Crippen molar-refractivity contribution >= 4 is 28.1 Å². The monoisotopic (exact) mass is 414 g/mol. The van der Waals surface area contributed by atoms with E-state index in [-0.39, 0.29) is 5.56 Å². The molecule has 4 nitrogen and oxygen atoms in total. The van der Waals surface area contributed by atoms with Crippen LogP contribution in [-0.4, -0.2) is 18.7 Å². The summed E-state index contributed by atoms with van der Waals surface area (Å²) >= 11 is 3.35. The third-order valence-corrected chi connectivity index (χ3v) is 3.71. The van der Waals surface area contributed by atoms with Crippen LogP contribution in [0.5, 0.6) is 5.75 Å². The highest BCUT2D eigenvalue weighted by molar-refractivity contribution is 9.10. The molecule has 0 atom stereocenters. The minimum atomic E-state index is -4.51. The van der Waals surface area contributed by atoms with Crippen molar-refractivity contribution in [3.63, 3.8) is 0 Å². The van der Waals surface area contributed by atoms with Gasteiger partial charge in [0.2, 0.25) is 0 Å². The second kappa shape index (κ2) is 8.15. The van der Waals surface area contributed by atoms with E-state index in [0.717, 1.165) is 16.6 Å². The molecule has 25 heavy (non-hydrogen) atoms. The molecule has 0 aliphatic carbocycles. The molecule has 0 spiro atoms. The van der Waals surface area contributed by atoms with Crippen LogP contribution in [0.1, 0.15) is 28.4 Å². The van der Waals surface area contributed by atoms with Crippen LogP contribution in [0.15, 0.2) is 52.0 Å². The van der Waals surface area contributed by atoms with Gasteiger partial charge in [0.1, 0.15) is 5.75 Å². The fraction of sp³-hybridized carbons (Fsp3) is 0.176. The highest BCUT2D eigenvalue weighted by atomic mass is 79.9. The molecule has 0 aromatic heterocycles. The van der Waals surface area contributed by atoms with Crippen LogP contribution in [0.4, 0.5) is 13.2 Å². The van der Waals surface area contributed by atoms with E-state index in [1.54, 1.807) is 18.2 Å². The molecule has 0 aliphatic rings. The van der Waals surface area contributed by atoms with Gasteiger partial charge in [-0.15, -0.1) is 0 Å². The molecule has 2 aromatic carbocycles. The van der Waals surface area contributed by atoms with Crippen molar-refractivity contribution in [1.82, 2.24) is 5.43 Å². The molecule has 2 aromatic rings. The van der Waals surface area contributed by atoms with E-state index < -0.39 is 17.6 Å². The topological polar surface area (TPSA) is 50.7 Å². The third kappa shape index (κ3) is 5.32. The molecule has 0 bridgehead atoms. The summed E-state index contributed by atoms with van der Waals surface area (Å²) in [6.45, 7) is 2.39. The Morgan fingerprint density at radius 2 is 2.04 bits per heavy atom. The maximum absolute atomic E-state index is 12.7. The number of carbonyl (C=O) groups is 1. The molecule has 2 rings (SSSR count). The van der Waals surface area contributed by atoms with Crippen molar-refractivity contribution in [3.8, 4) is 5.75 Å². The molecule has 0 radical (unpaired) electrons. The van der Waals surface area contributed by atoms with Crippen LogP contribution < -0.4 is 10.2 Å². The smallest absolute Gasteiger partial charge is 0.416 e. The van der Waals surface area contributed by atoms with Gasteiger partial charge in [-0.2, -0.15) is 18.3 Å². The lowest BCUT2D eigenvalue weighted by Gasteiger charge is -2.08. The Morgan fingerprint density at radius 3 is 2.68 bits per heavy atom. The number of hydrogen-bond donors (Lipinski definition) is 1. The van der Waals surface area contributed by atoms with Crippen LogP contribution in [0.3, 0.4) is 0 Å². The molecular formula is C17H14BrF3N2O2. The van der Waals surface area contributed by atoms with Gasteiger partial charge >= 0.3 is 6.18 Å². The van der Waals surface area contributed by atoms with E-state index in [4.69, 9.17) is 4.74 Å². The first-order valence-electron chi connectivity index (χ1n) is 7.24. The highest BCUT2D eigenvalue weighted by Crippen LogP contribution is 2.29. The molecule has 0 fully saturated rings. The summed E-state index contributed by atoms with van der Waals surface area (Å²) in [5, 5.41) is 3.76. The number of nitrogens with one attached hydrogen (secondary N) is 1. The van der Waals surface area contributed by atoms with Gasteiger partial charge in [-0.3, -0.25) is 4.79 Å². The normalized spacial score (nSPS) is 11.6. The lowest BCUT2D eigenvalue weighted by atomic mass is 10.1. The molecule has 0 saturated carbocycles. The number of halogens is 4. The molecule has 0 aliphatic heterocycles. The minimum absolute atomic E-state index is 0.125. The molecule has 132 valence electrons. The largest absolute Gasteiger partial charge is 0.493 e. The van der Waals surface area contributed by atoms with Crippen molar-refractivity contribution in [2.24, 2.45) is 5.10 Å². The Kier molecular flexibility index (Phi) is 6.19. The fourth-order valence-corrected chi connectivity index (χ4v) is 2.45. The Balaban J connectivity index is 2.05. The second-order valence-corrected chi connectivity index (χ2v) is 5.75. The molecule has 0 unspecified atom stereocenters. The first-order chi connectivity index (χ1) is 11.8. The molecular weight excluding hydrogens is 401 g/mol. The van der Waals surface area contributed by atoms with Crippen LogP contribution in [0.25, 0.3) is 0 Å². The third-order valence-electron chi connectivity index (χ3n) is 3.09. The first-order valence-corrected chi connectivity index (χ1v) is 8.03. The summed E-state index contributed by atoms with van der Waals surface area (Å²) < 4.78 is 44.1. The van der Waals surface area contributed by atoms with Gasteiger partial charge in [0.25, 0.3) is 5.91 Å².